The second kappa shape index (κ2) is 6.14. The minimum Gasteiger partial charge on any atom is -0.495 e. The first kappa shape index (κ1) is 13.3. The largest absolute Gasteiger partial charge is 0.495 e. The SMILES string of the molecule is CNc1cccc(CNc2cc(C)ccc2OC)c1. The molecule has 2 N–H and O–H groups in total. The molecule has 0 spiro atoms. The summed E-state index contributed by atoms with van der Waals surface area (Å²) in [5, 5.41) is 6.56. The molecule has 0 heterocycles. The molecule has 0 bridgehead atoms. The Morgan fingerprint density at radius 1 is 1.11 bits per heavy atom. The Bertz CT molecular complexity index is 552. The topological polar surface area (TPSA) is 33.3 Å². The normalized spacial score (nSPS) is 10.1. The van der Waals surface area contributed by atoms with Gasteiger partial charge in [-0.3, -0.25) is 0 Å². The summed E-state index contributed by atoms with van der Waals surface area (Å²) in [7, 11) is 3.62. The third-order valence-electron chi connectivity index (χ3n) is 3.05. The van der Waals surface area contributed by atoms with Crippen molar-refractivity contribution in [2.75, 3.05) is 24.8 Å². The lowest BCUT2D eigenvalue weighted by Crippen LogP contribution is -2.02. The Morgan fingerprint density at radius 3 is 2.68 bits per heavy atom. The highest BCUT2D eigenvalue weighted by atomic mass is 16.5. The number of nitrogens with one attached hydrogen (secondary N) is 2. The van der Waals surface area contributed by atoms with E-state index in [0.717, 1.165) is 23.7 Å². The van der Waals surface area contributed by atoms with Crippen molar-refractivity contribution in [3.63, 3.8) is 0 Å². The van der Waals surface area contributed by atoms with E-state index in [2.05, 4.69) is 47.9 Å². The second-order valence-corrected chi connectivity index (χ2v) is 4.51. The van der Waals surface area contributed by atoms with Gasteiger partial charge in [0.25, 0.3) is 0 Å². The quantitative estimate of drug-likeness (QED) is 0.856. The minimum absolute atomic E-state index is 0.773. The van der Waals surface area contributed by atoms with Crippen LogP contribution in [-0.2, 0) is 6.54 Å². The van der Waals surface area contributed by atoms with Crippen LogP contribution in [0.3, 0.4) is 0 Å². The van der Waals surface area contributed by atoms with Crippen molar-refractivity contribution in [1.29, 1.82) is 0 Å². The van der Waals surface area contributed by atoms with Gasteiger partial charge < -0.3 is 15.4 Å². The standard InChI is InChI=1S/C16H20N2O/c1-12-7-8-16(19-3)15(9-12)18-11-13-5-4-6-14(10-13)17-2/h4-10,17-18H,11H2,1-3H3. The number of ether oxygens (including phenoxy) is 1. The van der Waals surface area contributed by atoms with Crippen LogP contribution in [0.2, 0.25) is 0 Å². The predicted molar refractivity (Wildman–Crippen MR) is 81.0 cm³/mol. The van der Waals surface area contributed by atoms with Gasteiger partial charge in [-0.05, 0) is 42.3 Å². The third-order valence-corrected chi connectivity index (χ3v) is 3.05. The molecule has 0 saturated heterocycles. The molecule has 0 fully saturated rings. The minimum atomic E-state index is 0.773. The molecule has 0 atom stereocenters. The molecule has 0 radical (unpaired) electrons. The van der Waals surface area contributed by atoms with E-state index in [1.807, 2.05) is 19.2 Å². The van der Waals surface area contributed by atoms with Gasteiger partial charge in [-0.25, -0.2) is 0 Å². The fraction of sp³-hybridized carbons (Fsp3) is 0.250. The summed E-state index contributed by atoms with van der Waals surface area (Å²) in [5.74, 6) is 0.871. The number of hydrogen-bond donors (Lipinski definition) is 2. The van der Waals surface area contributed by atoms with Crippen LogP contribution in [0.15, 0.2) is 42.5 Å². The lowest BCUT2D eigenvalue weighted by atomic mass is 10.1. The van der Waals surface area contributed by atoms with Crippen molar-refractivity contribution in [2.45, 2.75) is 13.5 Å². The summed E-state index contributed by atoms with van der Waals surface area (Å²) in [6.07, 6.45) is 0. The second-order valence-electron chi connectivity index (χ2n) is 4.51. The van der Waals surface area contributed by atoms with Crippen LogP contribution in [-0.4, -0.2) is 14.2 Å². The van der Waals surface area contributed by atoms with E-state index < -0.39 is 0 Å². The van der Waals surface area contributed by atoms with Crippen molar-refractivity contribution >= 4 is 11.4 Å². The average Bonchev–Trinajstić information content (AvgIpc) is 2.45. The summed E-state index contributed by atoms with van der Waals surface area (Å²) in [6, 6.07) is 14.5. The van der Waals surface area contributed by atoms with Crippen LogP contribution in [0, 0.1) is 6.92 Å². The molecule has 2 aromatic carbocycles. The first-order valence-corrected chi connectivity index (χ1v) is 6.38. The molecule has 0 unspecified atom stereocenters. The predicted octanol–water partition coefficient (Wildman–Crippen LogP) is 3.66. The molecule has 0 aromatic heterocycles. The number of hydrogen-bond acceptors (Lipinski definition) is 3. The molecular weight excluding hydrogens is 236 g/mol. The molecule has 19 heavy (non-hydrogen) atoms. The number of aryl methyl sites for hydroxylation is 1. The molecule has 3 nitrogen and oxygen atoms in total. The van der Waals surface area contributed by atoms with Gasteiger partial charge in [-0.15, -0.1) is 0 Å². The van der Waals surface area contributed by atoms with Gasteiger partial charge >= 0.3 is 0 Å². The number of benzene rings is 2. The highest BCUT2D eigenvalue weighted by Crippen LogP contribution is 2.25. The van der Waals surface area contributed by atoms with E-state index in [0.29, 0.717) is 0 Å². The Labute approximate surface area is 114 Å². The van der Waals surface area contributed by atoms with E-state index in [1.54, 1.807) is 7.11 Å². The van der Waals surface area contributed by atoms with Crippen molar-refractivity contribution in [3.05, 3.63) is 53.6 Å². The van der Waals surface area contributed by atoms with Gasteiger partial charge in [-0.2, -0.15) is 0 Å². The molecule has 3 heteroatoms. The zero-order chi connectivity index (χ0) is 13.7. The zero-order valence-corrected chi connectivity index (χ0v) is 11.7. The van der Waals surface area contributed by atoms with Crippen LogP contribution in [0.1, 0.15) is 11.1 Å². The maximum atomic E-state index is 5.36. The van der Waals surface area contributed by atoms with Crippen molar-refractivity contribution in [1.82, 2.24) is 0 Å². The maximum Gasteiger partial charge on any atom is 0.141 e. The van der Waals surface area contributed by atoms with Gasteiger partial charge in [-0.1, -0.05) is 18.2 Å². The van der Waals surface area contributed by atoms with Crippen molar-refractivity contribution in [3.8, 4) is 5.75 Å². The molecule has 100 valence electrons. The van der Waals surface area contributed by atoms with Gasteiger partial charge in [0.15, 0.2) is 0 Å². The number of anilines is 2. The first-order chi connectivity index (χ1) is 9.22. The Kier molecular flexibility index (Phi) is 4.29. The van der Waals surface area contributed by atoms with Gasteiger partial charge in [0.1, 0.15) is 5.75 Å². The highest BCUT2D eigenvalue weighted by Gasteiger charge is 2.03. The molecular formula is C16H20N2O. The van der Waals surface area contributed by atoms with Gasteiger partial charge in [0.05, 0.1) is 12.8 Å². The molecule has 2 rings (SSSR count). The molecule has 0 aliphatic rings. The molecule has 0 aliphatic heterocycles. The van der Waals surface area contributed by atoms with Crippen molar-refractivity contribution < 1.29 is 4.74 Å². The summed E-state index contributed by atoms with van der Waals surface area (Å²) in [6.45, 7) is 2.85. The zero-order valence-electron chi connectivity index (χ0n) is 11.7. The van der Waals surface area contributed by atoms with Crippen LogP contribution in [0.5, 0.6) is 5.75 Å². The summed E-state index contributed by atoms with van der Waals surface area (Å²) >= 11 is 0. The van der Waals surface area contributed by atoms with Crippen molar-refractivity contribution in [2.24, 2.45) is 0 Å². The van der Waals surface area contributed by atoms with E-state index in [9.17, 15) is 0 Å². The Hall–Kier alpha value is -2.16. The maximum absolute atomic E-state index is 5.36. The van der Waals surface area contributed by atoms with Gasteiger partial charge in [0.2, 0.25) is 0 Å². The monoisotopic (exact) mass is 256 g/mol. The highest BCUT2D eigenvalue weighted by molar-refractivity contribution is 5.58. The van der Waals surface area contributed by atoms with Crippen LogP contribution in [0.4, 0.5) is 11.4 Å². The van der Waals surface area contributed by atoms with E-state index in [-0.39, 0.29) is 0 Å². The van der Waals surface area contributed by atoms with Crippen LogP contribution in [0.25, 0.3) is 0 Å². The fourth-order valence-corrected chi connectivity index (χ4v) is 1.99. The average molecular weight is 256 g/mol. The Balaban J connectivity index is 2.11. The van der Waals surface area contributed by atoms with E-state index >= 15 is 0 Å². The summed E-state index contributed by atoms with van der Waals surface area (Å²) < 4.78 is 5.36. The summed E-state index contributed by atoms with van der Waals surface area (Å²) in [5.41, 5.74) is 4.59. The van der Waals surface area contributed by atoms with E-state index in [4.69, 9.17) is 4.74 Å². The summed E-state index contributed by atoms with van der Waals surface area (Å²) in [4.78, 5) is 0. The third kappa shape index (κ3) is 3.41. The lowest BCUT2D eigenvalue weighted by molar-refractivity contribution is 0.416. The van der Waals surface area contributed by atoms with Gasteiger partial charge in [0, 0.05) is 19.3 Å². The fourth-order valence-electron chi connectivity index (χ4n) is 1.99. The molecule has 0 aliphatic carbocycles. The van der Waals surface area contributed by atoms with E-state index in [1.165, 1.54) is 11.1 Å². The van der Waals surface area contributed by atoms with Crippen LogP contribution < -0.4 is 15.4 Å². The lowest BCUT2D eigenvalue weighted by Gasteiger charge is -2.12. The first-order valence-electron chi connectivity index (χ1n) is 6.38. The van der Waals surface area contributed by atoms with Crippen LogP contribution >= 0.6 is 0 Å². The number of methoxy groups -OCH3 is 1. The smallest absolute Gasteiger partial charge is 0.141 e. The number of rotatable bonds is 5. The molecule has 0 amide bonds. The molecule has 0 saturated carbocycles. The Morgan fingerprint density at radius 2 is 1.95 bits per heavy atom. The molecule has 2 aromatic rings.